The predicted molar refractivity (Wildman–Crippen MR) is 95.9 cm³/mol. The lowest BCUT2D eigenvalue weighted by Gasteiger charge is -2.49. The summed E-state index contributed by atoms with van der Waals surface area (Å²) >= 11 is 12.6. The first-order valence-electron chi connectivity index (χ1n) is 8.64. The number of amides is 1. The minimum atomic E-state index is 0.0985. The van der Waals surface area contributed by atoms with Gasteiger partial charge in [0.1, 0.15) is 6.61 Å². The third-order valence-corrected chi connectivity index (χ3v) is 6.70. The molecule has 2 aliphatic heterocycles. The second kappa shape index (κ2) is 6.40. The van der Waals surface area contributed by atoms with Crippen molar-refractivity contribution in [3.05, 3.63) is 27.7 Å². The van der Waals surface area contributed by atoms with Crippen molar-refractivity contribution in [2.45, 2.75) is 43.7 Å². The van der Waals surface area contributed by atoms with Crippen LogP contribution in [0.25, 0.3) is 0 Å². The molecule has 1 aliphatic carbocycles. The van der Waals surface area contributed by atoms with E-state index in [2.05, 4.69) is 16.3 Å². The van der Waals surface area contributed by atoms with Gasteiger partial charge in [0, 0.05) is 37.6 Å². The standard InChI is InChI=1S/C18H22Cl2N2O2/c1-24-9-15(23)22-8-12-10-6-7-13(19)16(20)18(10)21-17(12)11-4-2-3-5-14(11)22/h6-7,11-12,14,17,21H,2-5,8-9H2,1H3. The highest BCUT2D eigenvalue weighted by molar-refractivity contribution is 6.44. The van der Waals surface area contributed by atoms with E-state index in [1.807, 2.05) is 6.07 Å². The first kappa shape index (κ1) is 16.5. The fraction of sp³-hybridized carbons (Fsp3) is 0.611. The first-order valence-corrected chi connectivity index (χ1v) is 9.40. The maximum Gasteiger partial charge on any atom is 0.248 e. The lowest BCUT2D eigenvalue weighted by molar-refractivity contribution is -0.142. The highest BCUT2D eigenvalue weighted by Gasteiger charge is 2.49. The second-order valence-corrected chi connectivity index (χ2v) is 7.88. The molecular weight excluding hydrogens is 347 g/mol. The number of carbonyl (C=O) groups excluding carboxylic acids is 1. The number of carbonyl (C=O) groups is 1. The number of likely N-dealkylation sites (tertiary alicyclic amines) is 1. The van der Waals surface area contributed by atoms with Crippen molar-refractivity contribution < 1.29 is 9.53 Å². The van der Waals surface area contributed by atoms with Crippen LogP contribution in [-0.4, -0.2) is 43.2 Å². The fourth-order valence-corrected chi connectivity index (χ4v) is 5.27. The molecular formula is C18H22Cl2N2O2. The molecule has 6 heteroatoms. The summed E-state index contributed by atoms with van der Waals surface area (Å²) < 4.78 is 5.11. The Morgan fingerprint density at radius 2 is 2.12 bits per heavy atom. The summed E-state index contributed by atoms with van der Waals surface area (Å²) in [6.45, 7) is 0.883. The predicted octanol–water partition coefficient (Wildman–Crippen LogP) is 3.92. The largest absolute Gasteiger partial charge is 0.380 e. The number of rotatable bonds is 2. The smallest absolute Gasteiger partial charge is 0.248 e. The summed E-state index contributed by atoms with van der Waals surface area (Å²) in [6, 6.07) is 4.57. The number of ether oxygens (including phenoxy) is 1. The van der Waals surface area contributed by atoms with E-state index in [0.717, 1.165) is 25.1 Å². The van der Waals surface area contributed by atoms with E-state index in [0.29, 0.717) is 28.0 Å². The van der Waals surface area contributed by atoms with Gasteiger partial charge in [-0.3, -0.25) is 4.79 Å². The van der Waals surface area contributed by atoms with Gasteiger partial charge < -0.3 is 15.0 Å². The summed E-state index contributed by atoms with van der Waals surface area (Å²) in [5.74, 6) is 0.830. The van der Waals surface area contributed by atoms with Crippen LogP contribution < -0.4 is 5.32 Å². The molecule has 0 aromatic heterocycles. The number of methoxy groups -OCH3 is 1. The molecule has 1 saturated carbocycles. The molecule has 1 saturated heterocycles. The number of hydrogen-bond donors (Lipinski definition) is 1. The van der Waals surface area contributed by atoms with Crippen LogP contribution in [0.1, 0.15) is 37.2 Å². The minimum Gasteiger partial charge on any atom is -0.380 e. The van der Waals surface area contributed by atoms with E-state index in [9.17, 15) is 4.79 Å². The quantitative estimate of drug-likeness (QED) is 0.859. The third-order valence-electron chi connectivity index (χ3n) is 5.90. The van der Waals surface area contributed by atoms with Gasteiger partial charge in [0.2, 0.25) is 5.91 Å². The topological polar surface area (TPSA) is 41.6 Å². The molecule has 1 aromatic carbocycles. The zero-order valence-electron chi connectivity index (χ0n) is 13.7. The Kier molecular flexibility index (Phi) is 4.40. The van der Waals surface area contributed by atoms with Gasteiger partial charge in [-0.2, -0.15) is 0 Å². The van der Waals surface area contributed by atoms with E-state index in [1.165, 1.54) is 18.4 Å². The van der Waals surface area contributed by atoms with Gasteiger partial charge in [-0.25, -0.2) is 0 Å². The summed E-state index contributed by atoms with van der Waals surface area (Å²) in [7, 11) is 1.58. The Labute approximate surface area is 152 Å². The number of anilines is 1. The average molecular weight is 369 g/mol. The van der Waals surface area contributed by atoms with Gasteiger partial charge in [-0.05, 0) is 24.5 Å². The van der Waals surface area contributed by atoms with E-state index in [4.69, 9.17) is 27.9 Å². The third kappa shape index (κ3) is 2.51. The van der Waals surface area contributed by atoms with Gasteiger partial charge in [-0.1, -0.05) is 42.1 Å². The van der Waals surface area contributed by atoms with Crippen LogP contribution in [0.4, 0.5) is 5.69 Å². The zero-order chi connectivity index (χ0) is 16.8. The molecule has 24 heavy (non-hydrogen) atoms. The minimum absolute atomic E-state index is 0.0985. The van der Waals surface area contributed by atoms with Crippen molar-refractivity contribution in [1.29, 1.82) is 0 Å². The summed E-state index contributed by atoms with van der Waals surface area (Å²) in [6.07, 6.45) is 4.64. The summed E-state index contributed by atoms with van der Waals surface area (Å²) in [5, 5.41) is 4.83. The molecule has 0 bridgehead atoms. The molecule has 130 valence electrons. The number of fused-ring (bicyclic) bond motifs is 5. The maximum atomic E-state index is 12.6. The molecule has 1 N–H and O–H groups in total. The molecule has 2 fully saturated rings. The van der Waals surface area contributed by atoms with E-state index < -0.39 is 0 Å². The lowest BCUT2D eigenvalue weighted by atomic mass is 9.71. The molecule has 1 amide bonds. The van der Waals surface area contributed by atoms with Crippen LogP contribution in [0.5, 0.6) is 0 Å². The molecule has 2 heterocycles. The van der Waals surface area contributed by atoms with Crippen molar-refractivity contribution >= 4 is 34.8 Å². The van der Waals surface area contributed by atoms with Crippen LogP contribution in [-0.2, 0) is 9.53 Å². The second-order valence-electron chi connectivity index (χ2n) is 7.10. The Morgan fingerprint density at radius 3 is 2.92 bits per heavy atom. The van der Waals surface area contributed by atoms with Gasteiger partial charge in [-0.15, -0.1) is 0 Å². The fourth-order valence-electron chi connectivity index (χ4n) is 4.89. The Morgan fingerprint density at radius 1 is 1.33 bits per heavy atom. The van der Waals surface area contributed by atoms with Crippen molar-refractivity contribution in [3.63, 3.8) is 0 Å². The highest BCUT2D eigenvalue weighted by atomic mass is 35.5. The molecule has 4 unspecified atom stereocenters. The van der Waals surface area contributed by atoms with Gasteiger partial charge >= 0.3 is 0 Å². The number of piperidine rings is 1. The maximum absolute atomic E-state index is 12.6. The monoisotopic (exact) mass is 368 g/mol. The van der Waals surface area contributed by atoms with Crippen molar-refractivity contribution in [2.75, 3.05) is 25.6 Å². The summed E-state index contributed by atoms with van der Waals surface area (Å²) in [5.41, 5.74) is 2.15. The van der Waals surface area contributed by atoms with Crippen LogP contribution in [0.3, 0.4) is 0 Å². The SMILES string of the molecule is COCC(=O)N1CC2c3ccc(Cl)c(Cl)c3NC2C2CCCCC21. The highest BCUT2D eigenvalue weighted by Crippen LogP contribution is 2.51. The normalized spacial score (nSPS) is 31.0. The number of nitrogens with zero attached hydrogens (tertiary/aromatic N) is 1. The molecule has 4 atom stereocenters. The van der Waals surface area contributed by atoms with E-state index in [-0.39, 0.29) is 18.4 Å². The van der Waals surface area contributed by atoms with Gasteiger partial charge in [0.05, 0.1) is 15.7 Å². The molecule has 4 nitrogen and oxygen atoms in total. The van der Waals surface area contributed by atoms with Gasteiger partial charge in [0.25, 0.3) is 0 Å². The van der Waals surface area contributed by atoms with Crippen LogP contribution >= 0.6 is 23.2 Å². The van der Waals surface area contributed by atoms with Crippen LogP contribution in [0.15, 0.2) is 12.1 Å². The number of halogens is 2. The molecule has 3 aliphatic rings. The average Bonchev–Trinajstić information content (AvgIpc) is 2.97. The van der Waals surface area contributed by atoms with E-state index in [1.54, 1.807) is 7.11 Å². The molecule has 4 rings (SSSR count). The van der Waals surface area contributed by atoms with E-state index >= 15 is 0 Å². The Hall–Kier alpha value is -0.970. The van der Waals surface area contributed by atoms with Crippen LogP contribution in [0.2, 0.25) is 10.0 Å². The summed E-state index contributed by atoms with van der Waals surface area (Å²) in [4.78, 5) is 14.7. The lowest BCUT2D eigenvalue weighted by Crippen LogP contribution is -2.58. The van der Waals surface area contributed by atoms with Crippen LogP contribution in [0, 0.1) is 5.92 Å². The first-order chi connectivity index (χ1) is 11.6. The van der Waals surface area contributed by atoms with Gasteiger partial charge in [0.15, 0.2) is 0 Å². The molecule has 1 aromatic rings. The Bertz CT molecular complexity index is 667. The Balaban J connectivity index is 1.71. The molecule has 0 spiro atoms. The van der Waals surface area contributed by atoms with Crippen molar-refractivity contribution in [3.8, 4) is 0 Å². The van der Waals surface area contributed by atoms with Crippen molar-refractivity contribution in [1.82, 2.24) is 4.90 Å². The zero-order valence-corrected chi connectivity index (χ0v) is 15.2. The number of hydrogen-bond acceptors (Lipinski definition) is 3. The molecule has 0 radical (unpaired) electrons. The number of benzene rings is 1. The number of nitrogens with one attached hydrogen (secondary N) is 1. The van der Waals surface area contributed by atoms with Crippen molar-refractivity contribution in [2.24, 2.45) is 5.92 Å².